The largest absolute Gasteiger partial charge is 0.465 e. The zero-order valence-corrected chi connectivity index (χ0v) is 14.8. The van der Waals surface area contributed by atoms with E-state index in [1.54, 1.807) is 7.05 Å². The van der Waals surface area contributed by atoms with E-state index in [1.165, 1.54) is 17.8 Å². The summed E-state index contributed by atoms with van der Waals surface area (Å²) in [6.45, 7) is 0. The van der Waals surface area contributed by atoms with E-state index in [1.807, 2.05) is 0 Å². The lowest BCUT2D eigenvalue weighted by molar-refractivity contribution is -0.117. The van der Waals surface area contributed by atoms with Gasteiger partial charge < -0.3 is 9.30 Å². The molecule has 1 aromatic rings. The van der Waals surface area contributed by atoms with E-state index in [9.17, 15) is 19.2 Å². The van der Waals surface area contributed by atoms with Crippen molar-refractivity contribution in [3.63, 3.8) is 0 Å². The molecule has 0 unspecified atom stereocenters. The van der Waals surface area contributed by atoms with Crippen molar-refractivity contribution in [3.05, 3.63) is 55.3 Å². The van der Waals surface area contributed by atoms with Gasteiger partial charge in [-0.3, -0.25) is 19.0 Å². The van der Waals surface area contributed by atoms with Gasteiger partial charge in [-0.1, -0.05) is 0 Å². The lowest BCUT2D eigenvalue weighted by Crippen LogP contribution is -2.41. The van der Waals surface area contributed by atoms with Gasteiger partial charge in [-0.15, -0.1) is 0 Å². The summed E-state index contributed by atoms with van der Waals surface area (Å²) in [5.41, 5.74) is 0.194. The van der Waals surface area contributed by atoms with Crippen LogP contribution in [-0.4, -0.2) is 20.7 Å². The molecule has 0 aromatic carbocycles. The number of hydrogen-bond acceptors (Lipinski definition) is 5. The molecule has 0 spiro atoms. The lowest BCUT2D eigenvalue weighted by Gasteiger charge is -2.35. The predicted molar refractivity (Wildman–Crippen MR) is 92.5 cm³/mol. The Morgan fingerprint density at radius 2 is 1.42 bits per heavy atom. The smallest absolute Gasteiger partial charge is 0.330 e. The van der Waals surface area contributed by atoms with Crippen LogP contribution in [-0.2, 0) is 28.4 Å². The molecule has 1 aliphatic heterocycles. The van der Waals surface area contributed by atoms with Crippen LogP contribution in [0.3, 0.4) is 0 Å². The first-order valence-electron chi connectivity index (χ1n) is 8.87. The normalized spacial score (nSPS) is 20.8. The van der Waals surface area contributed by atoms with Crippen LogP contribution in [0.5, 0.6) is 0 Å². The molecule has 2 aliphatic carbocycles. The molecular formula is C19H20N2O5. The zero-order valence-electron chi connectivity index (χ0n) is 14.8. The van der Waals surface area contributed by atoms with Crippen LogP contribution in [0, 0.1) is 0 Å². The van der Waals surface area contributed by atoms with E-state index in [-0.39, 0.29) is 17.1 Å². The Kier molecular flexibility index (Phi) is 3.82. The molecule has 7 nitrogen and oxygen atoms in total. The van der Waals surface area contributed by atoms with E-state index < -0.39 is 17.2 Å². The SMILES string of the molecule is Cn1cc(C2C3=C(CCCC3=O)OC3=C2C(=O)CCC3)c(=O)n(C)c1=O. The molecule has 0 saturated carbocycles. The number of aromatic nitrogens is 2. The number of Topliss-reactive ketones (excluding diaryl/α,β-unsaturated/α-hetero) is 2. The minimum absolute atomic E-state index is 0.0860. The maximum atomic E-state index is 12.8. The highest BCUT2D eigenvalue weighted by Crippen LogP contribution is 2.46. The molecule has 0 radical (unpaired) electrons. The number of ketones is 2. The zero-order chi connectivity index (χ0) is 18.6. The highest BCUT2D eigenvalue weighted by molar-refractivity contribution is 6.05. The predicted octanol–water partition coefficient (Wildman–Crippen LogP) is 1.21. The van der Waals surface area contributed by atoms with Crippen LogP contribution in [0.15, 0.2) is 38.5 Å². The molecule has 136 valence electrons. The molecule has 0 N–H and O–H groups in total. The monoisotopic (exact) mass is 356 g/mol. The molecular weight excluding hydrogens is 336 g/mol. The number of rotatable bonds is 1. The van der Waals surface area contributed by atoms with Crippen molar-refractivity contribution in [2.45, 2.75) is 44.4 Å². The topological polar surface area (TPSA) is 87.4 Å². The second kappa shape index (κ2) is 5.93. The number of carbonyl (C=O) groups excluding carboxylic acids is 2. The van der Waals surface area contributed by atoms with E-state index in [4.69, 9.17) is 4.74 Å². The Hall–Kier alpha value is -2.70. The number of ether oxygens (including phenoxy) is 1. The van der Waals surface area contributed by atoms with Gasteiger partial charge in [-0.05, 0) is 12.8 Å². The van der Waals surface area contributed by atoms with Crippen molar-refractivity contribution in [2.24, 2.45) is 14.1 Å². The van der Waals surface area contributed by atoms with Crippen molar-refractivity contribution in [3.8, 4) is 0 Å². The molecule has 0 bridgehead atoms. The third-order valence-electron chi connectivity index (χ3n) is 5.42. The minimum Gasteiger partial charge on any atom is -0.465 e. The van der Waals surface area contributed by atoms with Crippen LogP contribution in [0.2, 0.25) is 0 Å². The van der Waals surface area contributed by atoms with Crippen molar-refractivity contribution in [1.29, 1.82) is 0 Å². The van der Waals surface area contributed by atoms with Gasteiger partial charge in [0.15, 0.2) is 11.6 Å². The second-order valence-corrected chi connectivity index (χ2v) is 7.10. The standard InChI is InChI=1S/C19H20N2O5/c1-20-9-10(18(24)21(2)19(20)25)15-16-11(22)5-3-7-13(16)26-14-8-4-6-12(23)17(14)15/h9,15H,3-8H2,1-2H3. The Labute approximate surface area is 149 Å². The van der Waals surface area contributed by atoms with Crippen LogP contribution < -0.4 is 11.2 Å². The molecule has 0 amide bonds. The summed E-state index contributed by atoms with van der Waals surface area (Å²) in [7, 11) is 2.96. The molecule has 7 heteroatoms. The molecule has 0 atom stereocenters. The summed E-state index contributed by atoms with van der Waals surface area (Å²) >= 11 is 0. The highest BCUT2D eigenvalue weighted by Gasteiger charge is 2.43. The first-order chi connectivity index (χ1) is 12.4. The number of carbonyl (C=O) groups is 2. The van der Waals surface area contributed by atoms with Gasteiger partial charge in [-0.25, -0.2) is 4.79 Å². The van der Waals surface area contributed by atoms with Crippen LogP contribution in [0.4, 0.5) is 0 Å². The highest BCUT2D eigenvalue weighted by atomic mass is 16.5. The Bertz CT molecular complexity index is 979. The maximum Gasteiger partial charge on any atom is 0.330 e. The number of nitrogens with zero attached hydrogens (tertiary/aromatic N) is 2. The Balaban J connectivity index is 2.03. The molecule has 26 heavy (non-hydrogen) atoms. The van der Waals surface area contributed by atoms with Gasteiger partial charge >= 0.3 is 5.69 Å². The average Bonchev–Trinajstić information content (AvgIpc) is 2.62. The fourth-order valence-electron chi connectivity index (χ4n) is 4.16. The van der Waals surface area contributed by atoms with E-state index in [0.717, 1.165) is 4.57 Å². The quantitative estimate of drug-likeness (QED) is 0.755. The summed E-state index contributed by atoms with van der Waals surface area (Å²) in [4.78, 5) is 50.3. The molecule has 4 rings (SSSR count). The molecule has 3 aliphatic rings. The second-order valence-electron chi connectivity index (χ2n) is 7.10. The summed E-state index contributed by atoms with van der Waals surface area (Å²) in [6, 6.07) is 0. The third kappa shape index (κ3) is 2.34. The first kappa shape index (κ1) is 16.8. The van der Waals surface area contributed by atoms with Gasteiger partial charge in [0, 0.05) is 62.7 Å². The fraction of sp³-hybridized carbons (Fsp3) is 0.474. The van der Waals surface area contributed by atoms with Crippen LogP contribution in [0.25, 0.3) is 0 Å². The van der Waals surface area contributed by atoms with Gasteiger partial charge in [0.05, 0.1) is 5.92 Å². The van der Waals surface area contributed by atoms with Crippen molar-refractivity contribution in [1.82, 2.24) is 9.13 Å². The average molecular weight is 356 g/mol. The van der Waals surface area contributed by atoms with E-state index in [0.29, 0.717) is 61.2 Å². The third-order valence-corrected chi connectivity index (χ3v) is 5.42. The van der Waals surface area contributed by atoms with Crippen molar-refractivity contribution >= 4 is 11.6 Å². The lowest BCUT2D eigenvalue weighted by atomic mass is 9.73. The van der Waals surface area contributed by atoms with Crippen LogP contribution in [0.1, 0.15) is 50.0 Å². The Morgan fingerprint density at radius 1 is 0.885 bits per heavy atom. The van der Waals surface area contributed by atoms with Crippen LogP contribution >= 0.6 is 0 Å². The molecule has 0 saturated heterocycles. The van der Waals surface area contributed by atoms with Crippen molar-refractivity contribution < 1.29 is 14.3 Å². The summed E-state index contributed by atoms with van der Waals surface area (Å²) < 4.78 is 8.28. The molecule has 2 heterocycles. The van der Waals surface area contributed by atoms with E-state index in [2.05, 4.69) is 0 Å². The summed E-state index contributed by atoms with van der Waals surface area (Å²) in [6.07, 6.45) is 4.85. The summed E-state index contributed by atoms with van der Waals surface area (Å²) in [5.74, 6) is 0.250. The van der Waals surface area contributed by atoms with Gasteiger partial charge in [0.25, 0.3) is 5.56 Å². The number of hydrogen-bond donors (Lipinski definition) is 0. The first-order valence-corrected chi connectivity index (χ1v) is 8.87. The molecule has 0 fully saturated rings. The van der Waals surface area contributed by atoms with Crippen molar-refractivity contribution in [2.75, 3.05) is 0 Å². The number of allylic oxidation sites excluding steroid dienone is 4. The van der Waals surface area contributed by atoms with Gasteiger partial charge in [0.1, 0.15) is 11.5 Å². The maximum absolute atomic E-state index is 12.8. The van der Waals surface area contributed by atoms with E-state index >= 15 is 0 Å². The van der Waals surface area contributed by atoms with Gasteiger partial charge in [-0.2, -0.15) is 0 Å². The fourth-order valence-corrected chi connectivity index (χ4v) is 4.16. The van der Waals surface area contributed by atoms with Gasteiger partial charge in [0.2, 0.25) is 0 Å². The molecule has 1 aromatic heterocycles. The summed E-state index contributed by atoms with van der Waals surface area (Å²) in [5, 5.41) is 0. The number of aryl methyl sites for hydroxylation is 1. The Morgan fingerprint density at radius 3 is 1.96 bits per heavy atom. The minimum atomic E-state index is -0.736.